The molecule has 0 amide bonds. The Bertz CT molecular complexity index is 422. The van der Waals surface area contributed by atoms with Gasteiger partial charge < -0.3 is 9.47 Å². The van der Waals surface area contributed by atoms with E-state index in [2.05, 4.69) is 14.5 Å². The van der Waals surface area contributed by atoms with Crippen LogP contribution in [0.25, 0.3) is 0 Å². The molecule has 0 spiro atoms. The van der Waals surface area contributed by atoms with Crippen LogP contribution in [0, 0.1) is 0 Å². The topological polar surface area (TPSA) is 48.4 Å². The number of carbonyl (C=O) groups excluding carboxylic acids is 1. The van der Waals surface area contributed by atoms with Gasteiger partial charge in [0.05, 0.1) is 24.8 Å². The molecule has 1 heterocycles. The average molecular weight is 295 g/mol. The van der Waals surface area contributed by atoms with E-state index in [0.29, 0.717) is 5.03 Å². The first-order valence-electron chi connectivity index (χ1n) is 5.25. The summed E-state index contributed by atoms with van der Waals surface area (Å²) in [6.45, 7) is 1.80. The van der Waals surface area contributed by atoms with Crippen molar-refractivity contribution >= 4 is 17.7 Å². The van der Waals surface area contributed by atoms with Crippen LogP contribution < -0.4 is 4.74 Å². The molecular formula is C11H12F3NO3S. The van der Waals surface area contributed by atoms with Crippen LogP contribution in [-0.4, -0.2) is 29.7 Å². The van der Waals surface area contributed by atoms with Crippen molar-refractivity contribution in [3.05, 3.63) is 18.3 Å². The van der Waals surface area contributed by atoms with Crippen molar-refractivity contribution in [2.24, 2.45) is 0 Å². The van der Waals surface area contributed by atoms with Gasteiger partial charge >= 0.3 is 12.3 Å². The molecule has 0 radical (unpaired) electrons. The van der Waals surface area contributed by atoms with Crippen LogP contribution in [-0.2, 0) is 9.53 Å². The average Bonchev–Trinajstić information content (AvgIpc) is 2.29. The number of thioether (sulfide) groups is 1. The molecule has 1 rings (SSSR count). The number of carbonyl (C=O) groups is 1. The van der Waals surface area contributed by atoms with Crippen molar-refractivity contribution < 1.29 is 27.4 Å². The minimum Gasteiger partial charge on any atom is -0.469 e. The second-order valence-electron chi connectivity index (χ2n) is 3.59. The second kappa shape index (κ2) is 6.65. The minimum absolute atomic E-state index is 0.0886. The third-order valence-electron chi connectivity index (χ3n) is 1.95. The highest BCUT2D eigenvalue weighted by Crippen LogP contribution is 2.27. The smallest absolute Gasteiger partial charge is 0.469 e. The third kappa shape index (κ3) is 6.32. The van der Waals surface area contributed by atoms with Gasteiger partial charge in [-0.25, -0.2) is 4.98 Å². The lowest BCUT2D eigenvalue weighted by molar-refractivity contribution is -0.274. The Morgan fingerprint density at radius 3 is 2.63 bits per heavy atom. The quantitative estimate of drug-likeness (QED) is 0.617. The molecule has 0 saturated carbocycles. The van der Waals surface area contributed by atoms with Crippen molar-refractivity contribution in [3.8, 4) is 5.75 Å². The van der Waals surface area contributed by atoms with Crippen LogP contribution >= 0.6 is 11.8 Å². The molecule has 106 valence electrons. The molecule has 0 saturated heterocycles. The molecule has 0 fully saturated rings. The number of alkyl halides is 3. The number of aromatic nitrogens is 1. The van der Waals surface area contributed by atoms with Gasteiger partial charge in [-0.2, -0.15) is 0 Å². The van der Waals surface area contributed by atoms with Crippen molar-refractivity contribution in [1.29, 1.82) is 0 Å². The third-order valence-corrected chi connectivity index (χ3v) is 3.00. The first kappa shape index (κ1) is 15.6. The Kier molecular flexibility index (Phi) is 5.46. The Morgan fingerprint density at radius 1 is 1.47 bits per heavy atom. The van der Waals surface area contributed by atoms with E-state index in [0.717, 1.165) is 6.20 Å². The van der Waals surface area contributed by atoms with Gasteiger partial charge in [0.15, 0.2) is 0 Å². The van der Waals surface area contributed by atoms with E-state index < -0.39 is 6.36 Å². The van der Waals surface area contributed by atoms with Crippen LogP contribution in [0.5, 0.6) is 5.75 Å². The molecule has 0 bridgehead atoms. The lowest BCUT2D eigenvalue weighted by Gasteiger charge is -2.10. The highest BCUT2D eigenvalue weighted by atomic mass is 32.2. The van der Waals surface area contributed by atoms with E-state index in [9.17, 15) is 18.0 Å². The van der Waals surface area contributed by atoms with E-state index in [1.54, 1.807) is 6.92 Å². The number of nitrogens with zero attached hydrogens (tertiary/aromatic N) is 1. The second-order valence-corrected chi connectivity index (χ2v) is 5.05. The van der Waals surface area contributed by atoms with Crippen LogP contribution in [0.15, 0.2) is 23.4 Å². The van der Waals surface area contributed by atoms with Crippen LogP contribution in [0.1, 0.15) is 13.3 Å². The van der Waals surface area contributed by atoms with Gasteiger partial charge in [-0.3, -0.25) is 4.79 Å². The molecule has 1 unspecified atom stereocenters. The zero-order chi connectivity index (χ0) is 14.5. The van der Waals surface area contributed by atoms with Crippen molar-refractivity contribution in [2.45, 2.75) is 30.0 Å². The zero-order valence-corrected chi connectivity index (χ0v) is 11.0. The molecule has 19 heavy (non-hydrogen) atoms. The molecular weight excluding hydrogens is 283 g/mol. The highest BCUT2D eigenvalue weighted by Gasteiger charge is 2.31. The van der Waals surface area contributed by atoms with E-state index in [4.69, 9.17) is 0 Å². The summed E-state index contributed by atoms with van der Waals surface area (Å²) in [5.41, 5.74) is 0. The Balaban J connectivity index is 2.54. The van der Waals surface area contributed by atoms with Gasteiger partial charge in [-0.1, -0.05) is 6.92 Å². The summed E-state index contributed by atoms with van der Waals surface area (Å²) in [4.78, 5) is 14.8. The Morgan fingerprint density at radius 2 is 2.16 bits per heavy atom. The monoisotopic (exact) mass is 295 g/mol. The fraction of sp³-hybridized carbons (Fsp3) is 0.455. The van der Waals surface area contributed by atoms with E-state index >= 15 is 0 Å². The molecule has 0 N–H and O–H groups in total. The van der Waals surface area contributed by atoms with Gasteiger partial charge in [-0.15, -0.1) is 24.9 Å². The Labute approximate surface area is 112 Å². The first-order valence-corrected chi connectivity index (χ1v) is 6.13. The van der Waals surface area contributed by atoms with E-state index in [1.807, 2.05) is 0 Å². The minimum atomic E-state index is -4.73. The van der Waals surface area contributed by atoms with Gasteiger partial charge in [0.2, 0.25) is 0 Å². The molecule has 1 aromatic rings. The number of halogens is 3. The summed E-state index contributed by atoms with van der Waals surface area (Å²) in [6.07, 6.45) is -3.54. The maximum absolute atomic E-state index is 11.9. The lowest BCUT2D eigenvalue weighted by Crippen LogP contribution is -2.17. The van der Waals surface area contributed by atoms with E-state index in [1.165, 1.54) is 31.0 Å². The SMILES string of the molecule is COC(=O)CC(C)Sc1ccc(OC(F)(F)F)cn1. The van der Waals surface area contributed by atoms with Gasteiger partial charge in [0.25, 0.3) is 0 Å². The van der Waals surface area contributed by atoms with E-state index in [-0.39, 0.29) is 23.4 Å². The predicted octanol–water partition coefficient (Wildman–Crippen LogP) is 3.02. The number of hydrogen-bond donors (Lipinski definition) is 0. The number of ether oxygens (including phenoxy) is 2. The first-order chi connectivity index (χ1) is 8.80. The summed E-state index contributed by atoms with van der Waals surface area (Å²) in [5, 5.41) is 0.417. The van der Waals surface area contributed by atoms with Gasteiger partial charge in [0, 0.05) is 5.25 Å². The summed E-state index contributed by atoms with van der Waals surface area (Å²) in [5.74, 6) is -0.727. The molecule has 8 heteroatoms. The maximum Gasteiger partial charge on any atom is 0.573 e. The zero-order valence-electron chi connectivity index (χ0n) is 10.2. The van der Waals surface area contributed by atoms with Gasteiger partial charge in [-0.05, 0) is 12.1 Å². The molecule has 1 aromatic heterocycles. The van der Waals surface area contributed by atoms with Crippen LogP contribution in [0.2, 0.25) is 0 Å². The van der Waals surface area contributed by atoms with Crippen molar-refractivity contribution in [1.82, 2.24) is 4.98 Å². The summed E-state index contributed by atoms with van der Waals surface area (Å²) >= 11 is 1.27. The fourth-order valence-corrected chi connectivity index (χ4v) is 2.09. The molecule has 0 aliphatic carbocycles. The normalized spacial score (nSPS) is 12.9. The summed E-state index contributed by atoms with van der Waals surface area (Å²) in [7, 11) is 1.29. The standard InChI is InChI=1S/C11H12F3NO3S/c1-7(5-10(16)17-2)19-9-4-3-8(6-15-9)18-11(12,13)14/h3-4,6-7H,5H2,1-2H3. The highest BCUT2D eigenvalue weighted by molar-refractivity contribution is 7.99. The largest absolute Gasteiger partial charge is 0.573 e. The van der Waals surface area contributed by atoms with Crippen molar-refractivity contribution in [3.63, 3.8) is 0 Å². The fourth-order valence-electron chi connectivity index (χ4n) is 1.20. The lowest BCUT2D eigenvalue weighted by atomic mass is 10.3. The molecule has 0 aliphatic heterocycles. The Hall–Kier alpha value is -1.44. The molecule has 4 nitrogen and oxygen atoms in total. The van der Waals surface area contributed by atoms with Crippen molar-refractivity contribution in [2.75, 3.05) is 7.11 Å². The number of rotatable bonds is 5. The number of hydrogen-bond acceptors (Lipinski definition) is 5. The number of pyridine rings is 1. The molecule has 0 aliphatic rings. The molecule has 1 atom stereocenters. The summed E-state index contributed by atoms with van der Waals surface area (Å²) < 4.78 is 44.0. The van der Waals surface area contributed by atoms with Gasteiger partial charge in [0.1, 0.15) is 5.75 Å². The predicted molar refractivity (Wildman–Crippen MR) is 62.9 cm³/mol. The van der Waals surface area contributed by atoms with Crippen LogP contribution in [0.3, 0.4) is 0 Å². The molecule has 0 aromatic carbocycles. The number of esters is 1. The maximum atomic E-state index is 11.9. The number of methoxy groups -OCH3 is 1. The summed E-state index contributed by atoms with van der Waals surface area (Å²) in [6, 6.07) is 2.58. The van der Waals surface area contributed by atoms with Crippen LogP contribution in [0.4, 0.5) is 13.2 Å².